The molecule has 0 unspecified atom stereocenters. The Morgan fingerprint density at radius 1 is 1.09 bits per heavy atom. The maximum Gasteiger partial charge on any atom is 0.263 e. The molecular weight excluding hydrogens is 416 g/mol. The highest BCUT2D eigenvalue weighted by Gasteiger charge is 2.53. The van der Waals surface area contributed by atoms with Crippen LogP contribution in [0.15, 0.2) is 21.1 Å². The van der Waals surface area contributed by atoms with Crippen molar-refractivity contribution in [3.8, 4) is 0 Å². The first-order valence-electron chi connectivity index (χ1n) is 7.07. The second-order valence-corrected chi connectivity index (χ2v) is 7.33. The Morgan fingerprint density at radius 2 is 1.73 bits per heavy atom. The van der Waals surface area contributed by atoms with Gasteiger partial charge in [-0.15, -0.1) is 0 Å². The number of primary amides is 1. The van der Waals surface area contributed by atoms with E-state index in [2.05, 4.69) is 31.9 Å². The summed E-state index contributed by atoms with van der Waals surface area (Å²) < 4.78 is 1.22. The number of nitrogens with two attached hydrogens (primary N) is 1. The number of benzene rings is 1. The summed E-state index contributed by atoms with van der Waals surface area (Å²) in [5, 5.41) is 0. The predicted octanol–water partition coefficient (Wildman–Crippen LogP) is 3.00. The van der Waals surface area contributed by atoms with Crippen molar-refractivity contribution in [3.05, 3.63) is 32.2 Å². The molecule has 0 radical (unpaired) electrons. The Hall–Kier alpha value is -1.21. The second kappa shape index (κ2) is 5.45. The number of halogens is 2. The van der Waals surface area contributed by atoms with Crippen LogP contribution in [0.25, 0.3) is 0 Å². The quantitative estimate of drug-likeness (QED) is 0.733. The van der Waals surface area contributed by atoms with E-state index in [1.165, 1.54) is 0 Å². The number of hydrogen-bond donors (Lipinski definition) is 1. The standard InChI is InChI=1S/C15H14Br2N2O3/c16-9-5-4-8-10(11(9)17)13(21)19(12(8)20)15(14(18)22)6-2-1-3-7-15/h4-5H,1-3,6-7H2,(H2,18,22). The molecule has 116 valence electrons. The fourth-order valence-electron chi connectivity index (χ4n) is 3.37. The molecule has 5 nitrogen and oxygen atoms in total. The van der Waals surface area contributed by atoms with E-state index >= 15 is 0 Å². The molecule has 22 heavy (non-hydrogen) atoms. The number of hydrogen-bond acceptors (Lipinski definition) is 3. The van der Waals surface area contributed by atoms with Crippen LogP contribution in [-0.2, 0) is 4.79 Å². The van der Waals surface area contributed by atoms with Gasteiger partial charge in [-0.05, 0) is 56.8 Å². The zero-order valence-corrected chi connectivity index (χ0v) is 14.9. The Labute approximate surface area is 144 Å². The van der Waals surface area contributed by atoms with E-state index in [0.717, 1.165) is 24.2 Å². The van der Waals surface area contributed by atoms with E-state index in [-0.39, 0.29) is 0 Å². The minimum Gasteiger partial charge on any atom is -0.368 e. The third kappa shape index (κ3) is 2.06. The van der Waals surface area contributed by atoms with Crippen molar-refractivity contribution in [1.82, 2.24) is 4.90 Å². The molecule has 1 saturated carbocycles. The number of fused-ring (bicyclic) bond motifs is 1. The lowest BCUT2D eigenvalue weighted by atomic mass is 9.79. The molecule has 2 aliphatic rings. The van der Waals surface area contributed by atoms with E-state index in [4.69, 9.17) is 5.73 Å². The maximum absolute atomic E-state index is 12.8. The first kappa shape index (κ1) is 15.7. The number of rotatable bonds is 2. The van der Waals surface area contributed by atoms with Gasteiger partial charge in [0.2, 0.25) is 5.91 Å². The molecule has 0 saturated heterocycles. The summed E-state index contributed by atoms with van der Waals surface area (Å²) in [6, 6.07) is 3.30. The van der Waals surface area contributed by atoms with Crippen molar-refractivity contribution in [2.24, 2.45) is 5.73 Å². The SMILES string of the molecule is NC(=O)C1(N2C(=O)c3ccc(Br)c(Br)c3C2=O)CCCCC1. The number of carbonyl (C=O) groups excluding carboxylic acids is 3. The average Bonchev–Trinajstić information content (AvgIpc) is 2.75. The zero-order valence-electron chi connectivity index (χ0n) is 11.7. The Kier molecular flexibility index (Phi) is 3.89. The van der Waals surface area contributed by atoms with Crippen LogP contribution in [-0.4, -0.2) is 28.2 Å². The molecular formula is C15H14Br2N2O3. The highest BCUT2D eigenvalue weighted by Crippen LogP contribution is 2.42. The van der Waals surface area contributed by atoms with Gasteiger partial charge in [0.15, 0.2) is 0 Å². The van der Waals surface area contributed by atoms with Crippen LogP contribution in [0.2, 0.25) is 0 Å². The minimum atomic E-state index is -1.20. The van der Waals surface area contributed by atoms with E-state index in [1.54, 1.807) is 12.1 Å². The first-order valence-corrected chi connectivity index (χ1v) is 8.65. The van der Waals surface area contributed by atoms with Crippen molar-refractivity contribution in [2.75, 3.05) is 0 Å². The molecule has 3 amide bonds. The summed E-state index contributed by atoms with van der Waals surface area (Å²) in [7, 11) is 0. The molecule has 1 aromatic carbocycles. The normalized spacial score (nSPS) is 20.2. The fraction of sp³-hybridized carbons (Fsp3) is 0.400. The van der Waals surface area contributed by atoms with Gasteiger partial charge in [0.25, 0.3) is 11.8 Å². The summed E-state index contributed by atoms with van der Waals surface area (Å²) >= 11 is 6.68. The summed E-state index contributed by atoms with van der Waals surface area (Å²) in [4.78, 5) is 38.8. The van der Waals surface area contributed by atoms with Crippen molar-refractivity contribution in [1.29, 1.82) is 0 Å². The summed E-state index contributed by atoms with van der Waals surface area (Å²) in [6.45, 7) is 0. The molecule has 3 rings (SSSR count). The first-order chi connectivity index (χ1) is 10.4. The Morgan fingerprint density at radius 3 is 2.32 bits per heavy atom. The number of nitrogens with zero attached hydrogens (tertiary/aromatic N) is 1. The van der Waals surface area contributed by atoms with Gasteiger partial charge in [-0.3, -0.25) is 19.3 Å². The molecule has 0 aromatic heterocycles. The van der Waals surface area contributed by atoms with Crippen LogP contribution in [0.3, 0.4) is 0 Å². The molecule has 1 aliphatic carbocycles. The lowest BCUT2D eigenvalue weighted by molar-refractivity contribution is -0.129. The minimum absolute atomic E-state index is 0.297. The van der Waals surface area contributed by atoms with Gasteiger partial charge in [-0.1, -0.05) is 19.3 Å². The van der Waals surface area contributed by atoms with Crippen LogP contribution in [0, 0.1) is 0 Å². The molecule has 2 N–H and O–H groups in total. The molecule has 0 bridgehead atoms. The van der Waals surface area contributed by atoms with Gasteiger partial charge < -0.3 is 5.73 Å². The number of carbonyl (C=O) groups is 3. The van der Waals surface area contributed by atoms with Crippen molar-refractivity contribution < 1.29 is 14.4 Å². The van der Waals surface area contributed by atoms with E-state index in [9.17, 15) is 14.4 Å². The van der Waals surface area contributed by atoms with Crippen molar-refractivity contribution in [2.45, 2.75) is 37.6 Å². The van der Waals surface area contributed by atoms with Gasteiger partial charge in [0.05, 0.1) is 11.1 Å². The maximum atomic E-state index is 12.8. The summed E-state index contributed by atoms with van der Waals surface area (Å²) in [5.41, 5.74) is 5.01. The van der Waals surface area contributed by atoms with Gasteiger partial charge in [-0.25, -0.2) is 0 Å². The Balaban J connectivity index is 2.14. The number of amides is 3. The highest BCUT2D eigenvalue weighted by atomic mass is 79.9. The zero-order chi connectivity index (χ0) is 16.1. The van der Waals surface area contributed by atoms with E-state index < -0.39 is 23.3 Å². The van der Waals surface area contributed by atoms with Gasteiger partial charge in [0, 0.05) is 8.95 Å². The van der Waals surface area contributed by atoms with Gasteiger partial charge in [-0.2, -0.15) is 0 Å². The van der Waals surface area contributed by atoms with Crippen LogP contribution in [0.4, 0.5) is 0 Å². The Bertz CT molecular complexity index is 696. The third-order valence-corrected chi connectivity index (χ3v) is 6.53. The smallest absolute Gasteiger partial charge is 0.263 e. The highest BCUT2D eigenvalue weighted by molar-refractivity contribution is 9.13. The fourth-order valence-corrected chi connectivity index (χ4v) is 4.21. The van der Waals surface area contributed by atoms with Crippen LogP contribution < -0.4 is 5.73 Å². The molecule has 0 spiro atoms. The molecule has 7 heteroatoms. The van der Waals surface area contributed by atoms with Crippen molar-refractivity contribution >= 4 is 49.6 Å². The van der Waals surface area contributed by atoms with Gasteiger partial charge in [0.1, 0.15) is 5.54 Å². The summed E-state index contributed by atoms with van der Waals surface area (Å²) in [6.07, 6.45) is 3.41. The predicted molar refractivity (Wildman–Crippen MR) is 87.4 cm³/mol. The molecule has 0 atom stereocenters. The second-order valence-electron chi connectivity index (χ2n) is 5.69. The summed E-state index contributed by atoms with van der Waals surface area (Å²) in [5.74, 6) is -1.49. The van der Waals surface area contributed by atoms with Crippen LogP contribution in [0.5, 0.6) is 0 Å². The largest absolute Gasteiger partial charge is 0.368 e. The lowest BCUT2D eigenvalue weighted by Crippen LogP contribution is -2.60. The van der Waals surface area contributed by atoms with Crippen LogP contribution in [0.1, 0.15) is 52.8 Å². The van der Waals surface area contributed by atoms with Crippen LogP contribution >= 0.6 is 31.9 Å². The molecule has 1 heterocycles. The monoisotopic (exact) mass is 428 g/mol. The number of imide groups is 1. The van der Waals surface area contributed by atoms with E-state index in [1.807, 2.05) is 0 Å². The third-order valence-electron chi connectivity index (χ3n) is 4.51. The molecule has 1 aliphatic heterocycles. The topological polar surface area (TPSA) is 80.5 Å². The lowest BCUT2D eigenvalue weighted by Gasteiger charge is -2.40. The van der Waals surface area contributed by atoms with Gasteiger partial charge >= 0.3 is 0 Å². The average molecular weight is 430 g/mol. The van der Waals surface area contributed by atoms with E-state index in [0.29, 0.717) is 32.9 Å². The molecule has 1 aromatic rings. The van der Waals surface area contributed by atoms with Crippen molar-refractivity contribution in [3.63, 3.8) is 0 Å². The molecule has 1 fully saturated rings.